The quantitative estimate of drug-likeness (QED) is 0.172. The second-order valence-corrected chi connectivity index (χ2v) is 9.46. The van der Waals surface area contributed by atoms with E-state index in [1.807, 2.05) is 38.9 Å². The molecule has 0 fully saturated rings. The van der Waals surface area contributed by atoms with Crippen molar-refractivity contribution in [2.75, 3.05) is 39.0 Å². The molecule has 0 aliphatic heterocycles. The number of nitrogens with two attached hydrogens (primary N) is 1. The van der Waals surface area contributed by atoms with E-state index in [4.69, 9.17) is 22.7 Å². The Bertz CT molecular complexity index is 878. The summed E-state index contributed by atoms with van der Waals surface area (Å²) in [5.74, 6) is -2.16. The molecule has 3 amide bonds. The average molecular weight is 512 g/mol. The smallest absolute Gasteiger partial charge is 0.314 e. The zero-order chi connectivity index (χ0) is 25.7. The fourth-order valence-corrected chi connectivity index (χ4v) is 3.63. The Kier molecular flexibility index (Phi) is 13.4. The van der Waals surface area contributed by atoms with E-state index in [0.29, 0.717) is 5.02 Å². The number of allylic oxidation sites excluding steroid dienone is 1. The SMILES string of the molecule is CC/C=C(\CN)SC(=N)C(=O)N[C@@H](CNC(=O)C(=O)Nc1ccc(Cl)cn1)C(C)CCN(C)C. The fraction of sp³-hybridized carbons (Fsp3) is 0.500. The van der Waals surface area contributed by atoms with E-state index in [2.05, 4.69) is 20.9 Å². The number of hydrogen-bond donors (Lipinski definition) is 5. The highest BCUT2D eigenvalue weighted by molar-refractivity contribution is 8.18. The van der Waals surface area contributed by atoms with Crippen LogP contribution < -0.4 is 21.7 Å². The van der Waals surface area contributed by atoms with Gasteiger partial charge in [-0.25, -0.2) is 4.98 Å². The molecule has 0 aliphatic carbocycles. The summed E-state index contributed by atoms with van der Waals surface area (Å²) in [4.78, 5) is 43.8. The third-order valence-electron chi connectivity index (χ3n) is 4.77. The first kappa shape index (κ1) is 29.6. The van der Waals surface area contributed by atoms with Gasteiger partial charge >= 0.3 is 11.8 Å². The van der Waals surface area contributed by atoms with Crippen molar-refractivity contribution in [3.05, 3.63) is 34.3 Å². The van der Waals surface area contributed by atoms with Crippen LogP contribution in [0.5, 0.6) is 0 Å². The van der Waals surface area contributed by atoms with Gasteiger partial charge in [0.1, 0.15) is 5.82 Å². The van der Waals surface area contributed by atoms with Gasteiger partial charge in [-0.05, 0) is 51.5 Å². The molecule has 1 aromatic rings. The Morgan fingerprint density at radius 2 is 1.97 bits per heavy atom. The minimum absolute atomic E-state index is 0.0210. The molecule has 188 valence electrons. The Morgan fingerprint density at radius 1 is 1.26 bits per heavy atom. The third-order valence-corrected chi connectivity index (χ3v) is 5.97. The van der Waals surface area contributed by atoms with Crippen LogP contribution in [0.1, 0.15) is 26.7 Å². The molecule has 0 spiro atoms. The van der Waals surface area contributed by atoms with E-state index in [0.717, 1.165) is 36.1 Å². The molecular formula is C22H34ClN7O3S. The van der Waals surface area contributed by atoms with Crippen LogP contribution in [-0.4, -0.2) is 72.4 Å². The minimum Gasteiger partial charge on any atom is -0.346 e. The van der Waals surface area contributed by atoms with Gasteiger partial charge in [-0.2, -0.15) is 0 Å². The lowest BCUT2D eigenvalue weighted by atomic mass is 9.97. The maximum Gasteiger partial charge on any atom is 0.314 e. The van der Waals surface area contributed by atoms with Crippen LogP contribution >= 0.6 is 23.4 Å². The van der Waals surface area contributed by atoms with E-state index in [-0.39, 0.29) is 29.9 Å². The van der Waals surface area contributed by atoms with E-state index in [1.165, 1.54) is 12.3 Å². The summed E-state index contributed by atoms with van der Waals surface area (Å²) in [5.41, 5.74) is 5.68. The zero-order valence-electron chi connectivity index (χ0n) is 20.0. The monoisotopic (exact) mass is 511 g/mol. The number of carbonyl (C=O) groups excluding carboxylic acids is 3. The first-order valence-electron chi connectivity index (χ1n) is 10.9. The Labute approximate surface area is 210 Å². The van der Waals surface area contributed by atoms with E-state index < -0.39 is 23.8 Å². The number of hydrogen-bond acceptors (Lipinski definition) is 8. The minimum atomic E-state index is -0.888. The molecule has 10 nitrogen and oxygen atoms in total. The maximum atomic E-state index is 12.7. The predicted octanol–water partition coefficient (Wildman–Crippen LogP) is 1.83. The number of halogens is 1. The molecule has 6 N–H and O–H groups in total. The van der Waals surface area contributed by atoms with Gasteiger partial charge in [0.25, 0.3) is 5.91 Å². The van der Waals surface area contributed by atoms with Crippen LogP contribution in [0.3, 0.4) is 0 Å². The fourth-order valence-electron chi connectivity index (χ4n) is 2.77. The molecule has 2 atom stereocenters. The summed E-state index contributed by atoms with van der Waals surface area (Å²) < 4.78 is 0. The first-order chi connectivity index (χ1) is 16.1. The normalized spacial score (nSPS) is 13.2. The highest BCUT2D eigenvalue weighted by atomic mass is 35.5. The Balaban J connectivity index is 2.78. The van der Waals surface area contributed by atoms with E-state index in [1.54, 1.807) is 6.07 Å². The second kappa shape index (κ2) is 15.4. The molecule has 0 radical (unpaired) electrons. The average Bonchev–Trinajstić information content (AvgIpc) is 2.80. The van der Waals surface area contributed by atoms with Gasteiger partial charge in [-0.1, -0.05) is 43.3 Å². The summed E-state index contributed by atoms with van der Waals surface area (Å²) in [6.07, 6.45) is 4.71. The molecule has 0 bridgehead atoms. The maximum absolute atomic E-state index is 12.7. The number of nitrogens with zero attached hydrogens (tertiary/aromatic N) is 2. The number of pyridine rings is 1. The lowest BCUT2D eigenvalue weighted by molar-refractivity contribution is -0.136. The van der Waals surface area contributed by atoms with Crippen molar-refractivity contribution in [3.63, 3.8) is 0 Å². The summed E-state index contributed by atoms with van der Waals surface area (Å²) >= 11 is 6.78. The molecule has 1 rings (SSSR count). The van der Waals surface area contributed by atoms with Crippen LogP contribution in [0.25, 0.3) is 0 Å². The molecule has 1 aromatic heterocycles. The highest BCUT2D eigenvalue weighted by Crippen LogP contribution is 2.17. The van der Waals surface area contributed by atoms with Crippen LogP contribution in [-0.2, 0) is 14.4 Å². The van der Waals surface area contributed by atoms with E-state index in [9.17, 15) is 14.4 Å². The first-order valence-corrected chi connectivity index (χ1v) is 12.1. The number of thioether (sulfide) groups is 1. The van der Waals surface area contributed by atoms with Gasteiger partial charge in [0, 0.05) is 30.2 Å². The molecule has 0 saturated carbocycles. The largest absolute Gasteiger partial charge is 0.346 e. The number of anilines is 1. The van der Waals surface area contributed by atoms with Crippen LogP contribution in [0.15, 0.2) is 29.3 Å². The number of aromatic nitrogens is 1. The van der Waals surface area contributed by atoms with Crippen LogP contribution in [0, 0.1) is 11.3 Å². The lowest BCUT2D eigenvalue weighted by Gasteiger charge is -2.26. The molecule has 0 saturated heterocycles. The van der Waals surface area contributed by atoms with Gasteiger partial charge in [-0.3, -0.25) is 19.8 Å². The summed E-state index contributed by atoms with van der Waals surface area (Å²) in [6, 6.07) is 2.53. The molecule has 0 aromatic carbocycles. The summed E-state index contributed by atoms with van der Waals surface area (Å²) in [6.45, 7) is 4.92. The number of nitrogens with one attached hydrogen (secondary N) is 4. The summed E-state index contributed by atoms with van der Waals surface area (Å²) in [7, 11) is 3.88. The van der Waals surface area contributed by atoms with Crippen LogP contribution in [0.4, 0.5) is 5.82 Å². The second-order valence-electron chi connectivity index (χ2n) is 7.89. The predicted molar refractivity (Wildman–Crippen MR) is 138 cm³/mol. The lowest BCUT2D eigenvalue weighted by Crippen LogP contribution is -2.50. The molecule has 34 heavy (non-hydrogen) atoms. The van der Waals surface area contributed by atoms with Crippen molar-refractivity contribution in [2.24, 2.45) is 11.7 Å². The zero-order valence-corrected chi connectivity index (χ0v) is 21.6. The Morgan fingerprint density at radius 3 is 2.53 bits per heavy atom. The van der Waals surface area contributed by atoms with Crippen molar-refractivity contribution >= 4 is 51.9 Å². The van der Waals surface area contributed by atoms with Crippen molar-refractivity contribution in [2.45, 2.75) is 32.7 Å². The molecule has 12 heteroatoms. The van der Waals surface area contributed by atoms with Gasteiger partial charge < -0.3 is 26.6 Å². The standard InChI is InChI=1S/C22H34ClN7O3S/c1-5-6-16(11-24)34-19(25)20(31)28-17(14(2)9-10-30(3)4)13-27-21(32)22(33)29-18-8-7-15(23)12-26-18/h6-8,12,14,17,25H,5,9-11,13,24H2,1-4H3,(H,27,32)(H,28,31)(H,26,29,33)/b16-6+,25-19?/t14?,17-/m0/s1. The van der Waals surface area contributed by atoms with Gasteiger partial charge in [0.15, 0.2) is 5.04 Å². The van der Waals surface area contributed by atoms with E-state index >= 15 is 0 Å². The van der Waals surface area contributed by atoms with Gasteiger partial charge in [0.2, 0.25) is 0 Å². The van der Waals surface area contributed by atoms with Crippen molar-refractivity contribution < 1.29 is 14.4 Å². The molecular weight excluding hydrogens is 478 g/mol. The third kappa shape index (κ3) is 11.1. The van der Waals surface area contributed by atoms with Crippen LogP contribution in [0.2, 0.25) is 5.02 Å². The molecule has 0 aliphatic rings. The van der Waals surface area contributed by atoms with Crippen molar-refractivity contribution in [3.8, 4) is 0 Å². The van der Waals surface area contributed by atoms with Crippen molar-refractivity contribution in [1.82, 2.24) is 20.5 Å². The Hall–Kier alpha value is -2.47. The number of rotatable bonds is 11. The number of amides is 3. The summed E-state index contributed by atoms with van der Waals surface area (Å²) in [5, 5.41) is 16.1. The molecule has 1 unspecified atom stereocenters. The van der Waals surface area contributed by atoms with Crippen molar-refractivity contribution in [1.29, 1.82) is 5.41 Å². The topological polar surface area (TPSA) is 153 Å². The highest BCUT2D eigenvalue weighted by Gasteiger charge is 2.24. The van der Waals surface area contributed by atoms with Gasteiger partial charge in [0.05, 0.1) is 5.02 Å². The molecule has 1 heterocycles. The van der Waals surface area contributed by atoms with Gasteiger partial charge in [-0.15, -0.1) is 0 Å². The number of carbonyl (C=O) groups is 3.